The van der Waals surface area contributed by atoms with Gasteiger partial charge in [0.25, 0.3) is 0 Å². The molecule has 0 aromatic carbocycles. The van der Waals surface area contributed by atoms with Crippen LogP contribution < -0.4 is 5.32 Å². The minimum Gasteiger partial charge on any atom is -0.383 e. The molecule has 0 aliphatic carbocycles. The van der Waals surface area contributed by atoms with E-state index in [1.54, 1.807) is 7.11 Å². The van der Waals surface area contributed by atoms with Gasteiger partial charge in [-0.05, 0) is 19.8 Å². The van der Waals surface area contributed by atoms with Gasteiger partial charge in [0.1, 0.15) is 0 Å². The fourth-order valence-electron chi connectivity index (χ4n) is 2.86. The lowest BCUT2D eigenvalue weighted by Crippen LogP contribution is -2.55. The molecule has 0 spiro atoms. The van der Waals surface area contributed by atoms with Gasteiger partial charge in [-0.1, -0.05) is 13.8 Å². The van der Waals surface area contributed by atoms with Gasteiger partial charge in [-0.2, -0.15) is 0 Å². The second-order valence-electron chi connectivity index (χ2n) is 5.46. The van der Waals surface area contributed by atoms with Crippen molar-refractivity contribution in [3.8, 4) is 0 Å². The summed E-state index contributed by atoms with van der Waals surface area (Å²) in [7, 11) is 1.69. The Bertz CT molecular complexity index is 276. The number of hydrogen-bond donors (Lipinski definition) is 1. The maximum Gasteiger partial charge on any atom is 0.239 e. The van der Waals surface area contributed by atoms with E-state index < -0.39 is 0 Å². The van der Waals surface area contributed by atoms with E-state index in [9.17, 15) is 4.79 Å². The number of methoxy groups -OCH3 is 1. The summed E-state index contributed by atoms with van der Waals surface area (Å²) in [5, 5.41) is 3.33. The van der Waals surface area contributed by atoms with Crippen LogP contribution in [-0.2, 0) is 9.53 Å². The van der Waals surface area contributed by atoms with Gasteiger partial charge in [0, 0.05) is 45.9 Å². The molecule has 0 aromatic heterocycles. The van der Waals surface area contributed by atoms with Crippen LogP contribution in [0.2, 0.25) is 0 Å². The third-order valence-electron chi connectivity index (χ3n) is 4.26. The highest BCUT2D eigenvalue weighted by Gasteiger charge is 2.29. The fraction of sp³-hybridized carbons (Fsp3) is 0.933. The molecule has 0 radical (unpaired) electrons. The van der Waals surface area contributed by atoms with Crippen molar-refractivity contribution >= 4 is 5.91 Å². The molecule has 0 saturated carbocycles. The van der Waals surface area contributed by atoms with Crippen LogP contribution in [-0.4, -0.2) is 74.2 Å². The van der Waals surface area contributed by atoms with Crippen LogP contribution in [0.25, 0.3) is 0 Å². The molecule has 1 aliphatic heterocycles. The Morgan fingerprint density at radius 1 is 1.30 bits per heavy atom. The molecule has 1 heterocycles. The molecule has 5 nitrogen and oxygen atoms in total. The molecular weight excluding hydrogens is 254 g/mol. The van der Waals surface area contributed by atoms with Crippen LogP contribution in [0, 0.1) is 0 Å². The highest BCUT2D eigenvalue weighted by molar-refractivity contribution is 5.81. The number of hydrogen-bond acceptors (Lipinski definition) is 4. The third-order valence-corrected chi connectivity index (χ3v) is 4.26. The number of carbonyl (C=O) groups is 1. The lowest BCUT2D eigenvalue weighted by atomic mass is 10.1. The Balaban J connectivity index is 2.68. The Morgan fingerprint density at radius 2 is 1.90 bits per heavy atom. The van der Waals surface area contributed by atoms with Crippen molar-refractivity contribution in [2.45, 2.75) is 45.7 Å². The minimum absolute atomic E-state index is 0.0328. The SMILES string of the molecule is CCC(CC)N(CCOC)C(=O)C(C)N1CCNCC1. The van der Waals surface area contributed by atoms with Gasteiger partial charge in [-0.25, -0.2) is 0 Å². The number of amides is 1. The lowest BCUT2D eigenvalue weighted by Gasteiger charge is -2.38. The van der Waals surface area contributed by atoms with E-state index in [-0.39, 0.29) is 11.9 Å². The van der Waals surface area contributed by atoms with Crippen molar-refractivity contribution in [2.24, 2.45) is 0 Å². The molecule has 0 aromatic rings. The number of rotatable bonds is 8. The summed E-state index contributed by atoms with van der Waals surface area (Å²) >= 11 is 0. The van der Waals surface area contributed by atoms with E-state index in [2.05, 4.69) is 24.1 Å². The number of nitrogens with zero attached hydrogens (tertiary/aromatic N) is 2. The Morgan fingerprint density at radius 3 is 2.40 bits per heavy atom. The zero-order chi connectivity index (χ0) is 15.0. The van der Waals surface area contributed by atoms with Gasteiger partial charge in [0.2, 0.25) is 5.91 Å². The van der Waals surface area contributed by atoms with Gasteiger partial charge in [0.05, 0.1) is 12.6 Å². The summed E-state index contributed by atoms with van der Waals surface area (Å²) in [6, 6.07) is 0.289. The summed E-state index contributed by atoms with van der Waals surface area (Å²) in [5.74, 6) is 0.248. The highest BCUT2D eigenvalue weighted by Crippen LogP contribution is 2.13. The normalized spacial score (nSPS) is 18.2. The Kier molecular flexibility index (Phi) is 8.11. The predicted octanol–water partition coefficient (Wildman–Crippen LogP) is 0.944. The van der Waals surface area contributed by atoms with Crippen molar-refractivity contribution in [3.63, 3.8) is 0 Å². The van der Waals surface area contributed by atoms with Crippen LogP contribution in [0.5, 0.6) is 0 Å². The molecule has 1 atom stereocenters. The number of piperazine rings is 1. The summed E-state index contributed by atoms with van der Waals surface area (Å²) in [5.41, 5.74) is 0. The summed E-state index contributed by atoms with van der Waals surface area (Å²) in [4.78, 5) is 17.1. The predicted molar refractivity (Wildman–Crippen MR) is 81.9 cm³/mol. The Hall–Kier alpha value is -0.650. The topological polar surface area (TPSA) is 44.8 Å². The van der Waals surface area contributed by atoms with E-state index in [1.807, 2.05) is 11.8 Å². The first-order valence-corrected chi connectivity index (χ1v) is 7.89. The standard InChI is InChI=1S/C15H31N3O2/c1-5-14(6-2)18(11-12-20-4)15(19)13(3)17-9-7-16-8-10-17/h13-14,16H,5-12H2,1-4H3. The average Bonchev–Trinajstić information content (AvgIpc) is 2.51. The number of nitrogens with one attached hydrogen (secondary N) is 1. The summed E-state index contributed by atoms with van der Waals surface area (Å²) in [6.45, 7) is 11.5. The van der Waals surface area contributed by atoms with Crippen molar-refractivity contribution < 1.29 is 9.53 Å². The van der Waals surface area contributed by atoms with Gasteiger partial charge in [-0.3, -0.25) is 9.69 Å². The quantitative estimate of drug-likeness (QED) is 0.721. The molecule has 5 heteroatoms. The van der Waals surface area contributed by atoms with Crippen molar-refractivity contribution in [1.82, 2.24) is 15.1 Å². The molecular formula is C15H31N3O2. The minimum atomic E-state index is -0.0328. The monoisotopic (exact) mass is 285 g/mol. The van der Waals surface area contributed by atoms with Crippen LogP contribution in [0.3, 0.4) is 0 Å². The van der Waals surface area contributed by atoms with Crippen molar-refractivity contribution in [1.29, 1.82) is 0 Å². The molecule has 1 rings (SSSR count). The highest BCUT2D eigenvalue weighted by atomic mass is 16.5. The molecule has 1 N–H and O–H groups in total. The molecule has 1 aliphatic rings. The fourth-order valence-corrected chi connectivity index (χ4v) is 2.86. The second-order valence-corrected chi connectivity index (χ2v) is 5.46. The van der Waals surface area contributed by atoms with Crippen LogP contribution in [0.4, 0.5) is 0 Å². The van der Waals surface area contributed by atoms with Gasteiger partial charge < -0.3 is 15.0 Å². The molecule has 1 amide bonds. The number of carbonyl (C=O) groups excluding carboxylic acids is 1. The van der Waals surface area contributed by atoms with Crippen molar-refractivity contribution in [3.05, 3.63) is 0 Å². The summed E-state index contributed by atoms with van der Waals surface area (Å²) in [6.07, 6.45) is 2.00. The maximum absolute atomic E-state index is 12.8. The van der Waals surface area contributed by atoms with Crippen molar-refractivity contribution in [2.75, 3.05) is 46.4 Å². The van der Waals surface area contributed by atoms with E-state index in [4.69, 9.17) is 4.74 Å². The summed E-state index contributed by atoms with van der Waals surface area (Å²) < 4.78 is 5.17. The zero-order valence-corrected chi connectivity index (χ0v) is 13.5. The van der Waals surface area contributed by atoms with E-state index in [0.29, 0.717) is 19.2 Å². The molecule has 118 valence electrons. The first kappa shape index (κ1) is 17.4. The largest absolute Gasteiger partial charge is 0.383 e. The molecule has 1 unspecified atom stereocenters. The zero-order valence-electron chi connectivity index (χ0n) is 13.5. The van der Waals surface area contributed by atoms with E-state index >= 15 is 0 Å². The van der Waals surface area contributed by atoms with Gasteiger partial charge >= 0.3 is 0 Å². The lowest BCUT2D eigenvalue weighted by molar-refractivity contribution is -0.140. The molecule has 20 heavy (non-hydrogen) atoms. The van der Waals surface area contributed by atoms with Gasteiger partial charge in [0.15, 0.2) is 0 Å². The maximum atomic E-state index is 12.8. The van der Waals surface area contributed by atoms with Gasteiger partial charge in [-0.15, -0.1) is 0 Å². The first-order valence-electron chi connectivity index (χ1n) is 7.89. The average molecular weight is 285 g/mol. The van der Waals surface area contributed by atoms with Crippen LogP contribution >= 0.6 is 0 Å². The van der Waals surface area contributed by atoms with E-state index in [1.165, 1.54) is 0 Å². The molecule has 1 fully saturated rings. The second kappa shape index (κ2) is 9.32. The molecule has 0 bridgehead atoms. The third kappa shape index (κ3) is 4.72. The first-order chi connectivity index (χ1) is 9.65. The Labute approximate surface area is 123 Å². The van der Waals surface area contributed by atoms with Crippen LogP contribution in [0.15, 0.2) is 0 Å². The van der Waals surface area contributed by atoms with E-state index in [0.717, 1.165) is 39.0 Å². The van der Waals surface area contributed by atoms with Crippen LogP contribution in [0.1, 0.15) is 33.6 Å². The smallest absolute Gasteiger partial charge is 0.239 e. The molecule has 1 saturated heterocycles. The number of ether oxygens (including phenoxy) is 1.